The minimum absolute atomic E-state index is 0.244. The molecule has 0 unspecified atom stereocenters. The molecule has 0 spiro atoms. The highest BCUT2D eigenvalue weighted by Gasteiger charge is 2.31. The summed E-state index contributed by atoms with van der Waals surface area (Å²) in [4.78, 5) is 17.9. The Morgan fingerprint density at radius 2 is 1.46 bits per heavy atom. The second kappa shape index (κ2) is 7.89. The van der Waals surface area contributed by atoms with Crippen LogP contribution in [-0.4, -0.2) is 60.5 Å². The largest absolute Gasteiger partial charge is 0.444 e. The van der Waals surface area contributed by atoms with Crippen molar-refractivity contribution in [1.29, 1.82) is 0 Å². The second-order valence-corrected chi connectivity index (χ2v) is 9.57. The maximum atomic E-state index is 12.9. The zero-order valence-corrected chi connectivity index (χ0v) is 17.1. The highest BCUT2D eigenvalue weighted by molar-refractivity contribution is 7.89. The van der Waals surface area contributed by atoms with Gasteiger partial charge in [0.15, 0.2) is 0 Å². The van der Waals surface area contributed by atoms with Crippen LogP contribution >= 0.6 is 0 Å². The van der Waals surface area contributed by atoms with E-state index in [-0.39, 0.29) is 18.0 Å². The molecule has 3 rings (SSSR count). The Hall–Kier alpha value is -2.45. The predicted molar refractivity (Wildman–Crippen MR) is 106 cm³/mol. The van der Waals surface area contributed by atoms with Crippen molar-refractivity contribution in [3.8, 4) is 11.1 Å². The maximum Gasteiger partial charge on any atom is 0.410 e. The van der Waals surface area contributed by atoms with E-state index in [2.05, 4.69) is 4.98 Å². The smallest absolute Gasteiger partial charge is 0.410 e. The summed E-state index contributed by atoms with van der Waals surface area (Å²) >= 11 is 0. The fourth-order valence-electron chi connectivity index (χ4n) is 2.95. The Bertz CT molecular complexity index is 914. The number of benzene rings is 1. The SMILES string of the molecule is CC(C)(C)OC(=O)N1CCN(S(=O)(=O)c2ccc(-c3ccncc3)cc2)CC1. The van der Waals surface area contributed by atoms with E-state index < -0.39 is 21.7 Å². The van der Waals surface area contributed by atoms with E-state index in [1.807, 2.05) is 12.1 Å². The second-order valence-electron chi connectivity index (χ2n) is 7.63. The highest BCUT2D eigenvalue weighted by atomic mass is 32.2. The number of ether oxygens (including phenoxy) is 1. The van der Waals surface area contributed by atoms with E-state index in [9.17, 15) is 13.2 Å². The lowest BCUT2D eigenvalue weighted by molar-refractivity contribution is 0.0192. The number of pyridine rings is 1. The van der Waals surface area contributed by atoms with Crippen molar-refractivity contribution in [2.45, 2.75) is 31.3 Å². The highest BCUT2D eigenvalue weighted by Crippen LogP contribution is 2.23. The van der Waals surface area contributed by atoms with Gasteiger partial charge in [-0.25, -0.2) is 13.2 Å². The molecule has 1 aliphatic rings. The van der Waals surface area contributed by atoms with Gasteiger partial charge in [0.05, 0.1) is 4.90 Å². The topological polar surface area (TPSA) is 79.8 Å². The van der Waals surface area contributed by atoms with Crippen LogP contribution in [0.5, 0.6) is 0 Å². The van der Waals surface area contributed by atoms with Crippen molar-refractivity contribution < 1.29 is 17.9 Å². The van der Waals surface area contributed by atoms with Gasteiger partial charge in [-0.1, -0.05) is 12.1 Å². The summed E-state index contributed by atoms with van der Waals surface area (Å²) in [5, 5.41) is 0. The lowest BCUT2D eigenvalue weighted by Crippen LogP contribution is -2.51. The lowest BCUT2D eigenvalue weighted by Gasteiger charge is -2.35. The van der Waals surface area contributed by atoms with Gasteiger partial charge in [-0.3, -0.25) is 4.98 Å². The number of carbonyl (C=O) groups excluding carboxylic acids is 1. The van der Waals surface area contributed by atoms with E-state index >= 15 is 0 Å². The van der Waals surface area contributed by atoms with Crippen LogP contribution in [0.1, 0.15) is 20.8 Å². The molecule has 1 aromatic carbocycles. The summed E-state index contributed by atoms with van der Waals surface area (Å²) in [6.45, 7) is 6.53. The molecular weight excluding hydrogens is 378 g/mol. The van der Waals surface area contributed by atoms with Gasteiger partial charge in [-0.05, 0) is 56.2 Å². The first-order valence-corrected chi connectivity index (χ1v) is 10.6. The van der Waals surface area contributed by atoms with Crippen molar-refractivity contribution in [3.63, 3.8) is 0 Å². The first-order chi connectivity index (χ1) is 13.2. The molecule has 1 aromatic heterocycles. The third kappa shape index (κ3) is 4.69. The molecule has 0 N–H and O–H groups in total. The third-order valence-electron chi connectivity index (χ3n) is 4.40. The first-order valence-electron chi connectivity index (χ1n) is 9.15. The van der Waals surface area contributed by atoms with Gasteiger partial charge in [0.2, 0.25) is 10.0 Å². The molecule has 0 atom stereocenters. The molecule has 150 valence electrons. The van der Waals surface area contributed by atoms with Crippen molar-refractivity contribution >= 4 is 16.1 Å². The molecule has 0 aliphatic carbocycles. The molecule has 2 aromatic rings. The van der Waals surface area contributed by atoms with Crippen molar-refractivity contribution in [2.75, 3.05) is 26.2 Å². The van der Waals surface area contributed by atoms with E-state index in [0.717, 1.165) is 11.1 Å². The van der Waals surface area contributed by atoms with Gasteiger partial charge in [0.25, 0.3) is 0 Å². The van der Waals surface area contributed by atoms with E-state index in [4.69, 9.17) is 4.74 Å². The number of hydrogen-bond acceptors (Lipinski definition) is 5. The van der Waals surface area contributed by atoms with Crippen LogP contribution in [-0.2, 0) is 14.8 Å². The van der Waals surface area contributed by atoms with Gasteiger partial charge in [0.1, 0.15) is 5.60 Å². The number of amides is 1. The number of rotatable bonds is 3. The van der Waals surface area contributed by atoms with Crippen LogP contribution in [0.2, 0.25) is 0 Å². The molecule has 1 aliphatic heterocycles. The molecular formula is C20H25N3O4S. The van der Waals surface area contributed by atoms with E-state index in [1.165, 1.54) is 4.31 Å². The molecule has 0 bridgehead atoms. The van der Waals surface area contributed by atoms with E-state index in [1.54, 1.807) is 62.3 Å². The quantitative estimate of drug-likeness (QED) is 0.787. The Kier molecular flexibility index (Phi) is 5.71. The summed E-state index contributed by atoms with van der Waals surface area (Å²) in [6.07, 6.45) is 2.99. The fourth-order valence-corrected chi connectivity index (χ4v) is 4.37. The number of nitrogens with zero attached hydrogens (tertiary/aromatic N) is 3. The summed E-state index contributed by atoms with van der Waals surface area (Å²) in [5.41, 5.74) is 1.33. The monoisotopic (exact) mass is 403 g/mol. The molecule has 2 heterocycles. The van der Waals surface area contributed by atoms with Crippen LogP contribution < -0.4 is 0 Å². The van der Waals surface area contributed by atoms with Crippen LogP contribution in [0.15, 0.2) is 53.7 Å². The molecule has 7 nitrogen and oxygen atoms in total. The van der Waals surface area contributed by atoms with Crippen LogP contribution in [0.25, 0.3) is 11.1 Å². The number of piperazine rings is 1. The maximum absolute atomic E-state index is 12.9. The van der Waals surface area contributed by atoms with E-state index in [0.29, 0.717) is 13.1 Å². The van der Waals surface area contributed by atoms with Gasteiger partial charge in [-0.2, -0.15) is 4.31 Å². The van der Waals surface area contributed by atoms with Crippen LogP contribution in [0.4, 0.5) is 4.79 Å². The summed E-state index contributed by atoms with van der Waals surface area (Å²) in [6, 6.07) is 10.6. The number of hydrogen-bond donors (Lipinski definition) is 0. The third-order valence-corrected chi connectivity index (χ3v) is 6.31. The van der Waals surface area contributed by atoms with Crippen LogP contribution in [0.3, 0.4) is 0 Å². The number of carbonyl (C=O) groups is 1. The summed E-state index contributed by atoms with van der Waals surface area (Å²) in [7, 11) is -3.60. The van der Waals surface area contributed by atoms with Gasteiger partial charge in [0, 0.05) is 38.6 Å². The molecule has 0 saturated carbocycles. The Morgan fingerprint density at radius 1 is 0.929 bits per heavy atom. The lowest BCUT2D eigenvalue weighted by atomic mass is 10.1. The molecule has 1 saturated heterocycles. The van der Waals surface area contributed by atoms with Crippen molar-refractivity contribution in [2.24, 2.45) is 0 Å². The van der Waals surface area contributed by atoms with Gasteiger partial charge >= 0.3 is 6.09 Å². The Balaban J connectivity index is 1.67. The standard InChI is InChI=1S/C20H25N3O4S/c1-20(2,3)27-19(24)22-12-14-23(15-13-22)28(25,26)18-6-4-16(5-7-18)17-8-10-21-11-9-17/h4-11H,12-15H2,1-3H3. The molecule has 28 heavy (non-hydrogen) atoms. The molecule has 1 fully saturated rings. The minimum atomic E-state index is -3.60. The predicted octanol–water partition coefficient (Wildman–Crippen LogP) is 2.99. The molecule has 1 amide bonds. The Morgan fingerprint density at radius 3 is 2.00 bits per heavy atom. The first kappa shape index (κ1) is 20.3. The normalized spacial score (nSPS) is 16.0. The van der Waals surface area contributed by atoms with Crippen molar-refractivity contribution in [1.82, 2.24) is 14.2 Å². The fraction of sp³-hybridized carbons (Fsp3) is 0.400. The summed E-state index contributed by atoms with van der Waals surface area (Å²) < 4.78 is 32.6. The number of sulfonamides is 1. The number of aromatic nitrogens is 1. The molecule has 0 radical (unpaired) electrons. The average Bonchev–Trinajstić information content (AvgIpc) is 2.67. The Labute approximate surface area is 166 Å². The summed E-state index contributed by atoms with van der Waals surface area (Å²) in [5.74, 6) is 0. The average molecular weight is 404 g/mol. The van der Waals surface area contributed by atoms with Crippen molar-refractivity contribution in [3.05, 3.63) is 48.8 Å². The molecule has 8 heteroatoms. The minimum Gasteiger partial charge on any atom is -0.444 e. The van der Waals surface area contributed by atoms with Gasteiger partial charge < -0.3 is 9.64 Å². The van der Waals surface area contributed by atoms with Crippen LogP contribution in [0, 0.1) is 0 Å². The zero-order valence-electron chi connectivity index (χ0n) is 16.3. The van der Waals surface area contributed by atoms with Gasteiger partial charge in [-0.15, -0.1) is 0 Å². The zero-order chi connectivity index (χ0) is 20.4.